The lowest BCUT2D eigenvalue weighted by Gasteiger charge is -2.11. The smallest absolute Gasteiger partial charge is 0.293 e. The van der Waals surface area contributed by atoms with Gasteiger partial charge < -0.3 is 16.2 Å². The molecule has 0 fully saturated rings. The van der Waals surface area contributed by atoms with Crippen LogP contribution in [0.3, 0.4) is 0 Å². The molecule has 0 radical (unpaired) electrons. The average molecular weight is 188 g/mol. The molecule has 0 rings (SSSR count). The van der Waals surface area contributed by atoms with Crippen molar-refractivity contribution in [2.75, 3.05) is 13.1 Å². The number of unbranched alkanes of at least 4 members (excludes halogenated alkanes) is 3. The molecule has 78 valence electrons. The third-order valence-electron chi connectivity index (χ3n) is 1.99. The maximum absolute atomic E-state index is 10.0. The highest BCUT2D eigenvalue weighted by atomic mass is 16.5. The topological polar surface area (TPSA) is 78.3 Å². The highest BCUT2D eigenvalue weighted by molar-refractivity contribution is 5.37. The molecule has 0 spiro atoms. The van der Waals surface area contributed by atoms with Gasteiger partial charge >= 0.3 is 0 Å². The Labute approximate surface area is 79.6 Å². The summed E-state index contributed by atoms with van der Waals surface area (Å²) in [6, 6.07) is 0. The standard InChI is InChI=1S/C9H20N2O2/c10-6-4-2-1-3-5-9(7-11)13-8-12/h8-9H,1-7,10-11H2. The lowest BCUT2D eigenvalue weighted by atomic mass is 10.1. The number of rotatable bonds is 9. The van der Waals surface area contributed by atoms with E-state index in [9.17, 15) is 4.79 Å². The van der Waals surface area contributed by atoms with Crippen molar-refractivity contribution in [1.29, 1.82) is 0 Å². The molecular formula is C9H20N2O2. The largest absolute Gasteiger partial charge is 0.463 e. The predicted octanol–water partition coefficient (Wildman–Crippen LogP) is 0.396. The fourth-order valence-electron chi connectivity index (χ4n) is 1.19. The fourth-order valence-corrected chi connectivity index (χ4v) is 1.19. The van der Waals surface area contributed by atoms with E-state index in [2.05, 4.69) is 0 Å². The van der Waals surface area contributed by atoms with Crippen molar-refractivity contribution in [2.45, 2.75) is 38.2 Å². The highest BCUT2D eigenvalue weighted by Gasteiger charge is 2.05. The molecule has 13 heavy (non-hydrogen) atoms. The second kappa shape index (κ2) is 9.48. The zero-order valence-corrected chi connectivity index (χ0v) is 8.08. The molecule has 0 aliphatic heterocycles. The van der Waals surface area contributed by atoms with Crippen LogP contribution in [0.1, 0.15) is 32.1 Å². The first-order valence-corrected chi connectivity index (χ1v) is 4.84. The number of hydrogen-bond donors (Lipinski definition) is 2. The molecule has 1 unspecified atom stereocenters. The summed E-state index contributed by atoms with van der Waals surface area (Å²) in [5, 5.41) is 0. The zero-order chi connectivity index (χ0) is 9.94. The van der Waals surface area contributed by atoms with E-state index in [4.69, 9.17) is 16.2 Å². The van der Waals surface area contributed by atoms with Crippen molar-refractivity contribution >= 4 is 6.47 Å². The van der Waals surface area contributed by atoms with Crippen LogP contribution in [0.5, 0.6) is 0 Å². The molecule has 0 amide bonds. The van der Waals surface area contributed by atoms with Gasteiger partial charge in [0.25, 0.3) is 6.47 Å². The Morgan fingerprint density at radius 3 is 2.38 bits per heavy atom. The third kappa shape index (κ3) is 7.74. The number of nitrogens with two attached hydrogens (primary N) is 2. The summed E-state index contributed by atoms with van der Waals surface area (Å²) in [5.41, 5.74) is 10.7. The molecule has 0 bridgehead atoms. The van der Waals surface area contributed by atoms with Crippen molar-refractivity contribution in [1.82, 2.24) is 0 Å². The van der Waals surface area contributed by atoms with E-state index in [0.29, 0.717) is 13.0 Å². The molecule has 0 heterocycles. The Morgan fingerprint density at radius 1 is 1.15 bits per heavy atom. The minimum absolute atomic E-state index is 0.102. The van der Waals surface area contributed by atoms with Crippen LogP contribution in [0.4, 0.5) is 0 Å². The van der Waals surface area contributed by atoms with Crippen LogP contribution < -0.4 is 11.5 Å². The number of carbonyl (C=O) groups excluding carboxylic acids is 1. The summed E-state index contributed by atoms with van der Waals surface area (Å²) in [4.78, 5) is 10.0. The van der Waals surface area contributed by atoms with Crippen LogP contribution in [0.2, 0.25) is 0 Å². The molecule has 4 heteroatoms. The van der Waals surface area contributed by atoms with Crippen molar-refractivity contribution in [3.05, 3.63) is 0 Å². The van der Waals surface area contributed by atoms with Gasteiger partial charge in [-0.3, -0.25) is 4.79 Å². The molecule has 4 nitrogen and oxygen atoms in total. The Balaban J connectivity index is 3.22. The number of ether oxygens (including phenoxy) is 1. The Hall–Kier alpha value is -0.610. The van der Waals surface area contributed by atoms with E-state index in [-0.39, 0.29) is 6.10 Å². The lowest BCUT2D eigenvalue weighted by Crippen LogP contribution is -2.23. The first kappa shape index (κ1) is 12.4. The molecule has 0 aliphatic rings. The first-order chi connectivity index (χ1) is 6.35. The van der Waals surface area contributed by atoms with Gasteiger partial charge in [0.05, 0.1) is 0 Å². The molecule has 0 saturated heterocycles. The van der Waals surface area contributed by atoms with Gasteiger partial charge in [-0.05, 0) is 25.8 Å². The lowest BCUT2D eigenvalue weighted by molar-refractivity contribution is -0.133. The van der Waals surface area contributed by atoms with Crippen molar-refractivity contribution in [3.8, 4) is 0 Å². The normalized spacial score (nSPS) is 12.5. The van der Waals surface area contributed by atoms with E-state index in [0.717, 1.165) is 38.6 Å². The second-order valence-corrected chi connectivity index (χ2v) is 3.08. The van der Waals surface area contributed by atoms with Crippen LogP contribution in [-0.2, 0) is 9.53 Å². The average Bonchev–Trinajstić information content (AvgIpc) is 2.16. The van der Waals surface area contributed by atoms with Gasteiger partial charge in [0.1, 0.15) is 6.10 Å². The van der Waals surface area contributed by atoms with Crippen LogP contribution in [0.15, 0.2) is 0 Å². The molecule has 0 aromatic heterocycles. The van der Waals surface area contributed by atoms with E-state index >= 15 is 0 Å². The van der Waals surface area contributed by atoms with Gasteiger partial charge in [-0.15, -0.1) is 0 Å². The van der Waals surface area contributed by atoms with E-state index in [1.165, 1.54) is 0 Å². The van der Waals surface area contributed by atoms with Gasteiger partial charge in [0, 0.05) is 6.54 Å². The van der Waals surface area contributed by atoms with Gasteiger partial charge in [0.2, 0.25) is 0 Å². The summed E-state index contributed by atoms with van der Waals surface area (Å²) >= 11 is 0. The van der Waals surface area contributed by atoms with Crippen molar-refractivity contribution in [3.63, 3.8) is 0 Å². The zero-order valence-electron chi connectivity index (χ0n) is 8.08. The van der Waals surface area contributed by atoms with Gasteiger partial charge in [-0.2, -0.15) is 0 Å². The summed E-state index contributed by atoms with van der Waals surface area (Å²) in [6.45, 7) is 1.64. The van der Waals surface area contributed by atoms with E-state index in [1.54, 1.807) is 0 Å². The van der Waals surface area contributed by atoms with Gasteiger partial charge in [-0.1, -0.05) is 12.8 Å². The van der Waals surface area contributed by atoms with Crippen molar-refractivity contribution in [2.24, 2.45) is 11.5 Å². The number of carbonyl (C=O) groups is 1. The minimum atomic E-state index is -0.102. The third-order valence-corrected chi connectivity index (χ3v) is 1.99. The maximum Gasteiger partial charge on any atom is 0.293 e. The van der Waals surface area contributed by atoms with Gasteiger partial charge in [0.15, 0.2) is 0 Å². The molecule has 0 aromatic carbocycles. The maximum atomic E-state index is 10.0. The minimum Gasteiger partial charge on any atom is -0.463 e. The highest BCUT2D eigenvalue weighted by Crippen LogP contribution is 2.06. The molecule has 0 aromatic rings. The molecule has 0 aliphatic carbocycles. The molecule has 0 saturated carbocycles. The van der Waals surface area contributed by atoms with Gasteiger partial charge in [-0.25, -0.2) is 0 Å². The molecular weight excluding hydrogens is 168 g/mol. The van der Waals surface area contributed by atoms with E-state index < -0.39 is 0 Å². The number of hydrogen-bond acceptors (Lipinski definition) is 4. The monoisotopic (exact) mass is 188 g/mol. The summed E-state index contributed by atoms with van der Waals surface area (Å²) in [7, 11) is 0. The quantitative estimate of drug-likeness (QED) is 0.405. The van der Waals surface area contributed by atoms with E-state index in [1.807, 2.05) is 0 Å². The summed E-state index contributed by atoms with van der Waals surface area (Å²) in [6.07, 6.45) is 5.16. The fraction of sp³-hybridized carbons (Fsp3) is 0.889. The van der Waals surface area contributed by atoms with Crippen molar-refractivity contribution < 1.29 is 9.53 Å². The summed E-state index contributed by atoms with van der Waals surface area (Å²) in [5.74, 6) is 0. The Morgan fingerprint density at radius 2 is 1.85 bits per heavy atom. The van der Waals surface area contributed by atoms with Crippen LogP contribution in [-0.4, -0.2) is 25.7 Å². The summed E-state index contributed by atoms with van der Waals surface area (Å²) < 4.78 is 4.77. The van der Waals surface area contributed by atoms with Crippen LogP contribution in [0, 0.1) is 0 Å². The molecule has 1 atom stereocenters. The second-order valence-electron chi connectivity index (χ2n) is 3.08. The first-order valence-electron chi connectivity index (χ1n) is 4.84. The SMILES string of the molecule is NCCCCCCC(CN)OC=O. The van der Waals surface area contributed by atoms with Crippen LogP contribution in [0.25, 0.3) is 0 Å². The Kier molecular flexibility index (Phi) is 9.03. The van der Waals surface area contributed by atoms with Crippen LogP contribution >= 0.6 is 0 Å². The Bertz CT molecular complexity index is 120. The molecule has 4 N–H and O–H groups in total. The predicted molar refractivity (Wildman–Crippen MR) is 52.1 cm³/mol.